The van der Waals surface area contributed by atoms with E-state index < -0.39 is 0 Å². The van der Waals surface area contributed by atoms with Crippen LogP contribution in [0.4, 0.5) is 0 Å². The van der Waals surface area contributed by atoms with Crippen LogP contribution in [0, 0.1) is 0 Å². The monoisotopic (exact) mass is 413 g/mol. The maximum absolute atomic E-state index is 12.3. The van der Waals surface area contributed by atoms with Gasteiger partial charge in [-0.1, -0.05) is 38.1 Å². The van der Waals surface area contributed by atoms with E-state index in [1.54, 1.807) is 7.05 Å². The molecule has 2 aromatic rings. The van der Waals surface area contributed by atoms with Crippen molar-refractivity contribution in [2.24, 2.45) is 4.99 Å². The molecule has 0 saturated carbocycles. The van der Waals surface area contributed by atoms with E-state index >= 15 is 0 Å². The molecule has 0 bridgehead atoms. The summed E-state index contributed by atoms with van der Waals surface area (Å²) >= 11 is 0. The highest BCUT2D eigenvalue weighted by Gasteiger charge is 2.13. The maximum atomic E-state index is 12.3. The lowest BCUT2D eigenvalue weighted by atomic mass is 9.99. The fourth-order valence-electron chi connectivity index (χ4n) is 3.12. The summed E-state index contributed by atoms with van der Waals surface area (Å²) < 4.78 is 5.45. The second-order valence-electron chi connectivity index (χ2n) is 7.49. The standard InChI is InChI=1S/C23H35N5O2/c1-6-16(4)27-22(29)19-11-9-10-17(12-19)14-25-23(24-5)26-15-20-13-21(28-30-20)18(7-2)8-3/h9-13,16,18H,6-8,14-15H2,1-5H3,(H,27,29)(H2,24,25,26). The van der Waals surface area contributed by atoms with Gasteiger partial charge < -0.3 is 20.5 Å². The molecule has 30 heavy (non-hydrogen) atoms. The van der Waals surface area contributed by atoms with Crippen molar-refractivity contribution in [3.8, 4) is 0 Å². The third-order valence-electron chi connectivity index (χ3n) is 5.27. The average molecular weight is 414 g/mol. The van der Waals surface area contributed by atoms with E-state index in [1.165, 1.54) is 0 Å². The molecule has 7 nitrogen and oxygen atoms in total. The van der Waals surface area contributed by atoms with Crippen molar-refractivity contribution in [2.45, 2.75) is 72.0 Å². The van der Waals surface area contributed by atoms with E-state index in [0.717, 1.165) is 36.3 Å². The first-order valence-corrected chi connectivity index (χ1v) is 10.8. The van der Waals surface area contributed by atoms with Crippen LogP contribution in [0.25, 0.3) is 0 Å². The van der Waals surface area contributed by atoms with Crippen molar-refractivity contribution >= 4 is 11.9 Å². The number of guanidine groups is 1. The Hall–Kier alpha value is -2.83. The molecule has 2 rings (SSSR count). The fourth-order valence-corrected chi connectivity index (χ4v) is 3.12. The number of benzene rings is 1. The summed E-state index contributed by atoms with van der Waals surface area (Å²) in [5, 5.41) is 13.7. The topological polar surface area (TPSA) is 91.5 Å². The summed E-state index contributed by atoms with van der Waals surface area (Å²) in [7, 11) is 1.72. The summed E-state index contributed by atoms with van der Waals surface area (Å²) in [6.07, 6.45) is 3.00. The molecule has 1 unspecified atom stereocenters. The van der Waals surface area contributed by atoms with Gasteiger partial charge in [-0.3, -0.25) is 9.79 Å². The lowest BCUT2D eigenvalue weighted by molar-refractivity contribution is 0.0939. The zero-order valence-corrected chi connectivity index (χ0v) is 18.8. The van der Waals surface area contributed by atoms with E-state index in [2.05, 4.69) is 46.9 Å². The minimum Gasteiger partial charge on any atom is -0.359 e. The summed E-state index contributed by atoms with van der Waals surface area (Å²) in [6.45, 7) is 9.44. The van der Waals surface area contributed by atoms with Crippen molar-refractivity contribution in [1.82, 2.24) is 21.1 Å². The van der Waals surface area contributed by atoms with Crippen LogP contribution in [0.3, 0.4) is 0 Å². The molecule has 1 aromatic carbocycles. The van der Waals surface area contributed by atoms with Crippen LogP contribution in [0.2, 0.25) is 0 Å². The van der Waals surface area contributed by atoms with Gasteiger partial charge in [0.1, 0.15) is 0 Å². The van der Waals surface area contributed by atoms with Gasteiger partial charge in [-0.25, -0.2) is 0 Å². The Balaban J connectivity index is 1.89. The van der Waals surface area contributed by atoms with E-state index in [4.69, 9.17) is 4.52 Å². The highest BCUT2D eigenvalue weighted by atomic mass is 16.5. The van der Waals surface area contributed by atoms with Crippen molar-refractivity contribution in [2.75, 3.05) is 7.05 Å². The van der Waals surface area contributed by atoms with Crippen LogP contribution in [-0.4, -0.2) is 30.1 Å². The number of nitrogens with zero attached hydrogens (tertiary/aromatic N) is 2. The number of nitrogens with one attached hydrogen (secondary N) is 3. The Morgan fingerprint density at radius 3 is 2.50 bits per heavy atom. The van der Waals surface area contributed by atoms with Crippen LogP contribution >= 0.6 is 0 Å². The lowest BCUT2D eigenvalue weighted by Gasteiger charge is -2.13. The Labute approximate surface area is 179 Å². The Morgan fingerprint density at radius 1 is 1.10 bits per heavy atom. The summed E-state index contributed by atoms with van der Waals surface area (Å²) in [5.41, 5.74) is 2.67. The molecule has 1 atom stereocenters. The molecule has 0 spiro atoms. The number of amides is 1. The third-order valence-corrected chi connectivity index (χ3v) is 5.27. The van der Waals surface area contributed by atoms with Crippen molar-refractivity contribution in [3.63, 3.8) is 0 Å². The molecule has 0 radical (unpaired) electrons. The molecular formula is C23H35N5O2. The first-order valence-electron chi connectivity index (χ1n) is 10.8. The Morgan fingerprint density at radius 2 is 1.83 bits per heavy atom. The van der Waals surface area contributed by atoms with Crippen molar-refractivity contribution in [1.29, 1.82) is 0 Å². The number of rotatable bonds is 10. The van der Waals surface area contributed by atoms with Gasteiger partial charge in [-0.05, 0) is 43.9 Å². The van der Waals surface area contributed by atoms with E-state index in [-0.39, 0.29) is 11.9 Å². The van der Waals surface area contributed by atoms with Gasteiger partial charge in [0.15, 0.2) is 11.7 Å². The average Bonchev–Trinajstić information content (AvgIpc) is 3.23. The maximum Gasteiger partial charge on any atom is 0.251 e. The molecule has 0 aliphatic carbocycles. The van der Waals surface area contributed by atoms with Gasteiger partial charge in [-0.2, -0.15) is 0 Å². The Bertz CT molecular complexity index is 827. The lowest BCUT2D eigenvalue weighted by Crippen LogP contribution is -2.36. The van der Waals surface area contributed by atoms with Gasteiger partial charge in [0.2, 0.25) is 0 Å². The quantitative estimate of drug-likeness (QED) is 0.405. The normalized spacial score (nSPS) is 12.7. The van der Waals surface area contributed by atoms with Gasteiger partial charge in [0, 0.05) is 37.2 Å². The van der Waals surface area contributed by atoms with Gasteiger partial charge >= 0.3 is 0 Å². The smallest absolute Gasteiger partial charge is 0.251 e. The molecule has 1 heterocycles. The summed E-state index contributed by atoms with van der Waals surface area (Å²) in [5.74, 6) is 1.82. The SMILES string of the molecule is CCC(C)NC(=O)c1cccc(CNC(=NC)NCc2cc(C(CC)CC)no2)c1. The summed E-state index contributed by atoms with van der Waals surface area (Å²) in [4.78, 5) is 16.6. The van der Waals surface area contributed by atoms with Gasteiger partial charge in [0.05, 0.1) is 12.2 Å². The largest absolute Gasteiger partial charge is 0.359 e. The molecule has 3 N–H and O–H groups in total. The summed E-state index contributed by atoms with van der Waals surface area (Å²) in [6, 6.07) is 9.78. The number of aromatic nitrogens is 1. The Kier molecular flexibility index (Phi) is 9.38. The van der Waals surface area contributed by atoms with Crippen LogP contribution in [0.1, 0.15) is 80.3 Å². The minimum absolute atomic E-state index is 0.0488. The second kappa shape index (κ2) is 12.0. The van der Waals surface area contributed by atoms with Crippen LogP contribution in [0.5, 0.6) is 0 Å². The van der Waals surface area contributed by atoms with E-state index in [9.17, 15) is 4.79 Å². The van der Waals surface area contributed by atoms with Crippen LogP contribution < -0.4 is 16.0 Å². The zero-order chi connectivity index (χ0) is 21.9. The molecule has 7 heteroatoms. The number of hydrogen-bond acceptors (Lipinski definition) is 4. The predicted molar refractivity (Wildman–Crippen MR) is 121 cm³/mol. The zero-order valence-electron chi connectivity index (χ0n) is 18.8. The molecular weight excluding hydrogens is 378 g/mol. The molecule has 1 amide bonds. The van der Waals surface area contributed by atoms with Crippen molar-refractivity contribution in [3.05, 3.63) is 52.9 Å². The third kappa shape index (κ3) is 6.90. The van der Waals surface area contributed by atoms with Gasteiger partial charge in [-0.15, -0.1) is 0 Å². The van der Waals surface area contributed by atoms with Crippen LogP contribution in [0.15, 0.2) is 39.8 Å². The number of carbonyl (C=O) groups excluding carboxylic acids is 1. The number of aliphatic imine (C=N–C) groups is 1. The molecule has 0 saturated heterocycles. The molecule has 0 aliphatic heterocycles. The second-order valence-corrected chi connectivity index (χ2v) is 7.49. The number of carbonyl (C=O) groups is 1. The van der Waals surface area contributed by atoms with Crippen LogP contribution in [-0.2, 0) is 13.1 Å². The molecule has 0 aliphatic rings. The first-order chi connectivity index (χ1) is 14.5. The predicted octanol–water partition coefficient (Wildman–Crippen LogP) is 3.97. The van der Waals surface area contributed by atoms with Crippen molar-refractivity contribution < 1.29 is 9.32 Å². The minimum atomic E-state index is -0.0488. The van der Waals surface area contributed by atoms with E-state index in [0.29, 0.717) is 30.5 Å². The fraction of sp³-hybridized carbons (Fsp3) is 0.522. The van der Waals surface area contributed by atoms with E-state index in [1.807, 2.05) is 37.3 Å². The highest BCUT2D eigenvalue weighted by molar-refractivity contribution is 5.94. The highest BCUT2D eigenvalue weighted by Crippen LogP contribution is 2.22. The molecule has 1 aromatic heterocycles. The molecule has 0 fully saturated rings. The van der Waals surface area contributed by atoms with Gasteiger partial charge in [0.25, 0.3) is 5.91 Å². The number of hydrogen-bond donors (Lipinski definition) is 3. The first kappa shape index (κ1) is 23.4. The molecule has 164 valence electrons.